The number of carbonyl (C=O) groups is 1. The summed E-state index contributed by atoms with van der Waals surface area (Å²) in [7, 11) is 0. The molecule has 2 unspecified atom stereocenters. The summed E-state index contributed by atoms with van der Waals surface area (Å²) in [4.78, 5) is 12.5. The number of nitrogens with one attached hydrogen (secondary N) is 2. The highest BCUT2D eigenvalue weighted by atomic mass is 16.5. The van der Waals surface area contributed by atoms with Crippen LogP contribution in [0.1, 0.15) is 23.1 Å². The molecule has 2 aromatic carbocycles. The maximum Gasteiger partial charge on any atom is 0.251 e. The smallest absolute Gasteiger partial charge is 0.251 e. The van der Waals surface area contributed by atoms with E-state index >= 15 is 0 Å². The molecule has 7 heteroatoms. The summed E-state index contributed by atoms with van der Waals surface area (Å²) in [6.07, 6.45) is 0.658. The molecule has 2 atom stereocenters. The molecule has 0 bridgehead atoms. The molecule has 0 saturated carbocycles. The highest BCUT2D eigenvalue weighted by Crippen LogP contribution is 2.38. The van der Waals surface area contributed by atoms with Crippen molar-refractivity contribution in [2.24, 2.45) is 0 Å². The second-order valence-electron chi connectivity index (χ2n) is 7.41. The van der Waals surface area contributed by atoms with Crippen molar-refractivity contribution in [2.75, 3.05) is 19.7 Å². The summed E-state index contributed by atoms with van der Waals surface area (Å²) in [5.41, 5.74) is 4.49. The number of nitriles is 2. The molecule has 2 aliphatic rings. The van der Waals surface area contributed by atoms with Crippen molar-refractivity contribution < 1.29 is 14.3 Å². The fourth-order valence-corrected chi connectivity index (χ4v) is 3.75. The quantitative estimate of drug-likeness (QED) is 0.811. The number of carbonyl (C=O) groups excluding carboxylic acids is 1. The number of rotatable bonds is 4. The first-order valence-corrected chi connectivity index (χ1v) is 9.99. The lowest BCUT2D eigenvalue weighted by atomic mass is 9.93. The van der Waals surface area contributed by atoms with Gasteiger partial charge in [-0.2, -0.15) is 10.5 Å². The lowest BCUT2D eigenvalue weighted by Gasteiger charge is -2.22. The Morgan fingerprint density at radius 2 is 2.10 bits per heavy atom. The van der Waals surface area contributed by atoms with Crippen molar-refractivity contribution >= 4 is 5.91 Å². The van der Waals surface area contributed by atoms with Gasteiger partial charge in [0.15, 0.2) is 0 Å². The van der Waals surface area contributed by atoms with Crippen LogP contribution in [0.25, 0.3) is 11.1 Å². The van der Waals surface area contributed by atoms with E-state index in [4.69, 9.17) is 14.7 Å². The van der Waals surface area contributed by atoms with E-state index in [0.29, 0.717) is 31.7 Å². The van der Waals surface area contributed by atoms with Crippen LogP contribution in [-0.2, 0) is 22.6 Å². The van der Waals surface area contributed by atoms with Gasteiger partial charge in [0, 0.05) is 25.1 Å². The van der Waals surface area contributed by atoms with Crippen LogP contribution in [0.4, 0.5) is 0 Å². The fourth-order valence-electron chi connectivity index (χ4n) is 3.75. The minimum absolute atomic E-state index is 0.271. The SMILES string of the molecule is N#Cc1ccc2c(c1)COc1cc(CC(C#N)NC(=O)C3CNCCCO3)ccc1-2. The molecular formula is C23H22N4O3. The third kappa shape index (κ3) is 4.28. The molecule has 2 aromatic rings. The van der Waals surface area contributed by atoms with Crippen LogP contribution >= 0.6 is 0 Å². The zero-order chi connectivity index (χ0) is 20.9. The summed E-state index contributed by atoms with van der Waals surface area (Å²) < 4.78 is 11.4. The standard InChI is InChI=1S/C23H22N4O3/c24-11-16-3-4-19-17(8-16)14-30-21-10-15(2-5-20(19)21)9-18(12-25)27-23(28)22-13-26-6-1-7-29-22/h2-5,8,10,18,22,26H,1,6-7,9,13-14H2,(H,27,28). The first kappa shape index (κ1) is 19.9. The number of ether oxygens (including phenoxy) is 2. The number of hydrogen-bond acceptors (Lipinski definition) is 6. The molecule has 2 N–H and O–H groups in total. The van der Waals surface area contributed by atoms with Crippen LogP contribution in [0.2, 0.25) is 0 Å². The number of fused-ring (bicyclic) bond motifs is 3. The second kappa shape index (κ2) is 8.96. The molecule has 2 heterocycles. The van der Waals surface area contributed by atoms with E-state index in [1.54, 1.807) is 6.07 Å². The average molecular weight is 402 g/mol. The van der Waals surface area contributed by atoms with E-state index in [0.717, 1.165) is 41.0 Å². The Morgan fingerprint density at radius 1 is 1.23 bits per heavy atom. The Labute approximate surface area is 175 Å². The van der Waals surface area contributed by atoms with Gasteiger partial charge >= 0.3 is 0 Å². The Hall–Kier alpha value is -3.39. The molecule has 2 aliphatic heterocycles. The number of amides is 1. The largest absolute Gasteiger partial charge is 0.488 e. The maximum absolute atomic E-state index is 12.5. The second-order valence-corrected chi connectivity index (χ2v) is 7.41. The molecule has 0 spiro atoms. The molecule has 1 saturated heterocycles. The van der Waals surface area contributed by atoms with Crippen molar-refractivity contribution in [2.45, 2.75) is 31.6 Å². The van der Waals surface area contributed by atoms with E-state index in [9.17, 15) is 10.1 Å². The minimum atomic E-state index is -0.656. The molecule has 0 aromatic heterocycles. The van der Waals surface area contributed by atoms with Crippen LogP contribution in [0.3, 0.4) is 0 Å². The number of benzene rings is 2. The van der Waals surface area contributed by atoms with Crippen molar-refractivity contribution in [3.63, 3.8) is 0 Å². The van der Waals surface area contributed by atoms with Gasteiger partial charge in [0.1, 0.15) is 24.5 Å². The first-order chi connectivity index (χ1) is 14.7. The summed E-state index contributed by atoms with van der Waals surface area (Å²) in [5, 5.41) is 24.6. The van der Waals surface area contributed by atoms with Gasteiger partial charge in [-0.25, -0.2) is 0 Å². The van der Waals surface area contributed by atoms with Crippen molar-refractivity contribution in [1.82, 2.24) is 10.6 Å². The Balaban J connectivity index is 1.46. The molecule has 7 nitrogen and oxygen atoms in total. The monoisotopic (exact) mass is 402 g/mol. The van der Waals surface area contributed by atoms with Gasteiger partial charge in [-0.3, -0.25) is 4.79 Å². The molecule has 152 valence electrons. The predicted octanol–water partition coefficient (Wildman–Crippen LogP) is 2.05. The van der Waals surface area contributed by atoms with E-state index in [2.05, 4.69) is 22.8 Å². The van der Waals surface area contributed by atoms with Gasteiger partial charge in [-0.1, -0.05) is 18.2 Å². The summed E-state index contributed by atoms with van der Waals surface area (Å²) >= 11 is 0. The van der Waals surface area contributed by atoms with Gasteiger partial charge in [0.05, 0.1) is 17.7 Å². The van der Waals surface area contributed by atoms with Crippen molar-refractivity contribution in [3.05, 3.63) is 53.1 Å². The van der Waals surface area contributed by atoms with Gasteiger partial charge in [0.2, 0.25) is 0 Å². The van der Waals surface area contributed by atoms with Crippen LogP contribution < -0.4 is 15.4 Å². The highest BCUT2D eigenvalue weighted by Gasteiger charge is 2.24. The van der Waals surface area contributed by atoms with Gasteiger partial charge in [0.25, 0.3) is 5.91 Å². The number of hydrogen-bond donors (Lipinski definition) is 2. The first-order valence-electron chi connectivity index (χ1n) is 9.99. The summed E-state index contributed by atoms with van der Waals surface area (Å²) in [6, 6.07) is 15.1. The third-order valence-electron chi connectivity index (χ3n) is 5.30. The van der Waals surface area contributed by atoms with E-state index in [1.165, 1.54) is 0 Å². The molecule has 0 aliphatic carbocycles. The molecular weight excluding hydrogens is 380 g/mol. The van der Waals surface area contributed by atoms with Crippen LogP contribution in [0.15, 0.2) is 36.4 Å². The molecule has 0 radical (unpaired) electrons. The van der Waals surface area contributed by atoms with Gasteiger partial charge < -0.3 is 20.1 Å². The normalized spacial score (nSPS) is 18.4. The summed E-state index contributed by atoms with van der Waals surface area (Å²) in [5.74, 6) is 0.469. The molecule has 1 amide bonds. The summed E-state index contributed by atoms with van der Waals surface area (Å²) in [6.45, 7) is 2.19. The Bertz CT molecular complexity index is 1030. The van der Waals surface area contributed by atoms with E-state index < -0.39 is 12.1 Å². The number of nitrogens with zero attached hydrogens (tertiary/aromatic N) is 2. The Kier molecular flexibility index (Phi) is 5.94. The Morgan fingerprint density at radius 3 is 2.93 bits per heavy atom. The van der Waals surface area contributed by atoms with E-state index in [1.807, 2.05) is 30.3 Å². The zero-order valence-electron chi connectivity index (χ0n) is 16.5. The van der Waals surface area contributed by atoms with Crippen molar-refractivity contribution in [1.29, 1.82) is 10.5 Å². The third-order valence-corrected chi connectivity index (χ3v) is 5.30. The lowest BCUT2D eigenvalue weighted by Crippen LogP contribution is -2.46. The highest BCUT2D eigenvalue weighted by molar-refractivity contribution is 5.81. The zero-order valence-corrected chi connectivity index (χ0v) is 16.5. The maximum atomic E-state index is 12.5. The lowest BCUT2D eigenvalue weighted by molar-refractivity contribution is -0.132. The average Bonchev–Trinajstić information content (AvgIpc) is 3.07. The van der Waals surface area contributed by atoms with Crippen LogP contribution in [-0.4, -0.2) is 37.7 Å². The van der Waals surface area contributed by atoms with Gasteiger partial charge in [-0.05, 0) is 47.9 Å². The predicted molar refractivity (Wildman–Crippen MR) is 109 cm³/mol. The fraction of sp³-hybridized carbons (Fsp3) is 0.348. The molecule has 1 fully saturated rings. The minimum Gasteiger partial charge on any atom is -0.488 e. The van der Waals surface area contributed by atoms with Crippen LogP contribution in [0, 0.1) is 22.7 Å². The van der Waals surface area contributed by atoms with Gasteiger partial charge in [-0.15, -0.1) is 0 Å². The topological polar surface area (TPSA) is 107 Å². The van der Waals surface area contributed by atoms with Crippen LogP contribution in [0.5, 0.6) is 5.75 Å². The van der Waals surface area contributed by atoms with E-state index in [-0.39, 0.29) is 5.91 Å². The molecule has 4 rings (SSSR count). The van der Waals surface area contributed by atoms with Crippen molar-refractivity contribution in [3.8, 4) is 29.0 Å². The molecule has 30 heavy (non-hydrogen) atoms.